The van der Waals surface area contributed by atoms with Gasteiger partial charge in [0, 0.05) is 12.7 Å². The molecule has 0 unspecified atom stereocenters. The number of nitrogens with zero attached hydrogens (tertiary/aromatic N) is 3. The lowest BCUT2D eigenvalue weighted by Crippen LogP contribution is -2.47. The highest BCUT2D eigenvalue weighted by molar-refractivity contribution is 6.01. The van der Waals surface area contributed by atoms with E-state index in [1.807, 2.05) is 42.5 Å². The van der Waals surface area contributed by atoms with Crippen molar-refractivity contribution in [3.63, 3.8) is 0 Å². The minimum absolute atomic E-state index is 0.0967. The van der Waals surface area contributed by atoms with Gasteiger partial charge in [-0.05, 0) is 29.8 Å². The summed E-state index contributed by atoms with van der Waals surface area (Å²) in [6.07, 6.45) is 3.36. The third kappa shape index (κ3) is 3.47. The van der Waals surface area contributed by atoms with Crippen LogP contribution in [0, 0.1) is 0 Å². The predicted octanol–water partition coefficient (Wildman–Crippen LogP) is 2.64. The summed E-state index contributed by atoms with van der Waals surface area (Å²) in [5.41, 5.74) is 2.94. The summed E-state index contributed by atoms with van der Waals surface area (Å²) in [5, 5.41) is 2.97. The van der Waals surface area contributed by atoms with E-state index in [2.05, 4.69) is 16.9 Å². The van der Waals surface area contributed by atoms with Crippen LogP contribution in [0.1, 0.15) is 17.3 Å². The second-order valence-corrected chi connectivity index (χ2v) is 6.90. The Kier molecular flexibility index (Phi) is 5.03. The molecular weight excluding hydrogens is 368 g/mol. The van der Waals surface area contributed by atoms with Crippen LogP contribution >= 0.6 is 0 Å². The molecule has 4 rings (SSSR count). The molecule has 0 fully saturated rings. The Morgan fingerprint density at radius 2 is 2.03 bits per heavy atom. The summed E-state index contributed by atoms with van der Waals surface area (Å²) in [7, 11) is 1.60. The molecule has 1 aromatic carbocycles. The van der Waals surface area contributed by atoms with Crippen molar-refractivity contribution in [2.24, 2.45) is 0 Å². The maximum absolute atomic E-state index is 13.3. The first-order valence-electron chi connectivity index (χ1n) is 9.37. The van der Waals surface area contributed by atoms with Crippen molar-refractivity contribution in [3.8, 4) is 5.75 Å². The van der Waals surface area contributed by atoms with Crippen LogP contribution in [0.5, 0.6) is 5.75 Å². The molecule has 1 N–H and O–H groups in total. The molecule has 0 radical (unpaired) electrons. The number of ether oxygens (including phenoxy) is 1. The average Bonchev–Trinajstić information content (AvgIpc) is 3.07. The topological polar surface area (TPSA) is 74.8 Å². The van der Waals surface area contributed by atoms with Crippen LogP contribution in [0.2, 0.25) is 0 Å². The van der Waals surface area contributed by atoms with Gasteiger partial charge in [-0.15, -0.1) is 6.58 Å². The van der Waals surface area contributed by atoms with Crippen LogP contribution in [-0.4, -0.2) is 46.9 Å². The number of urea groups is 1. The predicted molar refractivity (Wildman–Crippen MR) is 108 cm³/mol. The fraction of sp³-hybridized carbons (Fsp3) is 0.227. The lowest BCUT2D eigenvalue weighted by molar-refractivity contribution is -0.126. The first-order chi connectivity index (χ1) is 14.1. The number of carbonyl (C=O) groups excluding carboxylic acids is 2. The minimum Gasteiger partial charge on any atom is -0.497 e. The van der Waals surface area contributed by atoms with Crippen molar-refractivity contribution in [2.75, 3.05) is 20.2 Å². The van der Waals surface area contributed by atoms with Crippen LogP contribution in [0.4, 0.5) is 4.79 Å². The number of pyridine rings is 1. The molecule has 0 saturated heterocycles. The summed E-state index contributed by atoms with van der Waals surface area (Å²) in [4.78, 5) is 33.7. The van der Waals surface area contributed by atoms with Gasteiger partial charge < -0.3 is 15.0 Å². The van der Waals surface area contributed by atoms with Crippen molar-refractivity contribution in [1.29, 1.82) is 0 Å². The van der Waals surface area contributed by atoms with Crippen molar-refractivity contribution in [1.82, 2.24) is 20.1 Å². The van der Waals surface area contributed by atoms with Crippen LogP contribution < -0.4 is 10.1 Å². The Bertz CT molecular complexity index is 969. The molecule has 148 valence electrons. The quantitative estimate of drug-likeness (QED) is 0.770. The Labute approximate surface area is 169 Å². The second kappa shape index (κ2) is 7.79. The van der Waals surface area contributed by atoms with Gasteiger partial charge in [0.15, 0.2) is 0 Å². The molecule has 7 nitrogen and oxygen atoms in total. The number of carbonyl (C=O) groups is 2. The maximum atomic E-state index is 13.3. The lowest BCUT2D eigenvalue weighted by atomic mass is 9.95. The number of methoxy groups -OCH3 is 1. The van der Waals surface area contributed by atoms with Crippen molar-refractivity contribution < 1.29 is 14.3 Å². The van der Waals surface area contributed by atoms with E-state index in [1.54, 1.807) is 29.2 Å². The lowest BCUT2D eigenvalue weighted by Gasteiger charge is -2.33. The van der Waals surface area contributed by atoms with E-state index in [1.165, 1.54) is 0 Å². The minimum atomic E-state index is -0.509. The van der Waals surface area contributed by atoms with Crippen molar-refractivity contribution in [2.45, 2.75) is 12.6 Å². The smallest absolute Gasteiger partial charge is 0.322 e. The number of aromatic nitrogens is 1. The SMILES string of the molecule is C=CCN1C(=O)N[C@H](c2ccc(OC)cc2)C2=C1CN(Cc1ccccn1)C2=O. The van der Waals surface area contributed by atoms with E-state index in [-0.39, 0.29) is 11.9 Å². The summed E-state index contributed by atoms with van der Waals surface area (Å²) in [6, 6.07) is 12.3. The molecule has 3 amide bonds. The summed E-state index contributed by atoms with van der Waals surface area (Å²) in [6.45, 7) is 4.82. The molecular formula is C22H22N4O3. The van der Waals surface area contributed by atoms with E-state index < -0.39 is 6.04 Å². The monoisotopic (exact) mass is 390 g/mol. The third-order valence-corrected chi connectivity index (χ3v) is 5.14. The Morgan fingerprint density at radius 3 is 2.69 bits per heavy atom. The molecule has 1 aromatic heterocycles. The van der Waals surface area contributed by atoms with E-state index in [0.717, 1.165) is 17.0 Å². The maximum Gasteiger partial charge on any atom is 0.322 e. The average molecular weight is 390 g/mol. The molecule has 1 atom stereocenters. The zero-order valence-corrected chi connectivity index (χ0v) is 16.2. The molecule has 0 spiro atoms. The zero-order valence-electron chi connectivity index (χ0n) is 16.2. The van der Waals surface area contributed by atoms with Gasteiger partial charge >= 0.3 is 6.03 Å². The van der Waals surface area contributed by atoms with Gasteiger partial charge in [-0.25, -0.2) is 4.79 Å². The van der Waals surface area contributed by atoms with Crippen LogP contribution in [-0.2, 0) is 11.3 Å². The second-order valence-electron chi connectivity index (χ2n) is 6.90. The fourth-order valence-corrected chi connectivity index (χ4v) is 3.73. The Hall–Kier alpha value is -3.61. The molecule has 29 heavy (non-hydrogen) atoms. The van der Waals surface area contributed by atoms with E-state index in [9.17, 15) is 9.59 Å². The first kappa shape index (κ1) is 18.7. The van der Waals surface area contributed by atoms with E-state index >= 15 is 0 Å². The van der Waals surface area contributed by atoms with Gasteiger partial charge in [-0.3, -0.25) is 14.7 Å². The van der Waals surface area contributed by atoms with E-state index in [0.29, 0.717) is 31.0 Å². The van der Waals surface area contributed by atoms with Crippen LogP contribution in [0.15, 0.2) is 72.6 Å². The number of hydrogen-bond donors (Lipinski definition) is 1. The largest absolute Gasteiger partial charge is 0.497 e. The molecule has 3 heterocycles. The number of nitrogens with one attached hydrogen (secondary N) is 1. The number of benzene rings is 1. The molecule has 0 bridgehead atoms. The third-order valence-electron chi connectivity index (χ3n) is 5.14. The number of amides is 3. The summed E-state index contributed by atoms with van der Waals surface area (Å²) >= 11 is 0. The van der Waals surface area contributed by atoms with Crippen LogP contribution in [0.3, 0.4) is 0 Å². The molecule has 0 saturated carbocycles. The standard InChI is InChI=1S/C22H22N4O3/c1-3-12-26-18-14-25(13-16-6-4-5-11-23-16)21(27)19(18)20(24-22(26)28)15-7-9-17(29-2)10-8-15/h3-11,20H,1,12-14H2,2H3,(H,24,28)/t20-/m1/s1. The highest BCUT2D eigenvalue weighted by Crippen LogP contribution is 2.37. The number of rotatable bonds is 6. The normalized spacial score (nSPS) is 18.6. The van der Waals surface area contributed by atoms with Gasteiger partial charge in [-0.2, -0.15) is 0 Å². The van der Waals surface area contributed by atoms with Gasteiger partial charge in [0.05, 0.1) is 43.2 Å². The summed E-state index contributed by atoms with van der Waals surface area (Å²) in [5.74, 6) is 0.619. The number of hydrogen-bond acceptors (Lipinski definition) is 4. The fourth-order valence-electron chi connectivity index (χ4n) is 3.73. The molecule has 2 aliphatic heterocycles. The van der Waals surface area contributed by atoms with Crippen LogP contribution in [0.25, 0.3) is 0 Å². The highest BCUT2D eigenvalue weighted by Gasteiger charge is 2.43. The van der Waals surface area contributed by atoms with Crippen molar-refractivity contribution in [3.05, 3.63) is 83.8 Å². The molecule has 2 aromatic rings. The van der Waals surface area contributed by atoms with Crippen molar-refractivity contribution >= 4 is 11.9 Å². The van der Waals surface area contributed by atoms with Gasteiger partial charge in [0.25, 0.3) is 5.91 Å². The molecule has 2 aliphatic rings. The van der Waals surface area contributed by atoms with E-state index in [4.69, 9.17) is 4.74 Å². The Morgan fingerprint density at radius 1 is 1.24 bits per heavy atom. The molecule has 7 heteroatoms. The first-order valence-corrected chi connectivity index (χ1v) is 9.37. The summed E-state index contributed by atoms with van der Waals surface area (Å²) < 4.78 is 5.22. The Balaban J connectivity index is 1.69. The highest BCUT2D eigenvalue weighted by atomic mass is 16.5. The molecule has 0 aliphatic carbocycles. The van der Waals surface area contributed by atoms with Gasteiger partial charge in [-0.1, -0.05) is 24.3 Å². The van der Waals surface area contributed by atoms with Gasteiger partial charge in [0.2, 0.25) is 0 Å². The zero-order chi connectivity index (χ0) is 20.4. The van der Waals surface area contributed by atoms with Gasteiger partial charge in [0.1, 0.15) is 5.75 Å².